The molecule has 202 valence electrons. The quantitative estimate of drug-likeness (QED) is 0.397. The van der Waals surface area contributed by atoms with Gasteiger partial charge in [0, 0.05) is 13.1 Å². The predicted octanol–water partition coefficient (Wildman–Crippen LogP) is 3.89. The zero-order valence-electron chi connectivity index (χ0n) is 21.8. The van der Waals surface area contributed by atoms with E-state index in [1.54, 1.807) is 50.2 Å². The number of sulfonamides is 1. The lowest BCUT2D eigenvalue weighted by molar-refractivity contribution is -0.139. The second-order valence-electron chi connectivity index (χ2n) is 8.72. The van der Waals surface area contributed by atoms with Gasteiger partial charge in [-0.3, -0.25) is 13.9 Å². The third-order valence-corrected chi connectivity index (χ3v) is 7.80. The van der Waals surface area contributed by atoms with Crippen molar-refractivity contribution in [2.75, 3.05) is 24.5 Å². The zero-order valence-corrected chi connectivity index (χ0v) is 22.7. The summed E-state index contributed by atoms with van der Waals surface area (Å²) in [6.07, 6.45) is 0. The standard InChI is InChI=1S/C28H32FN3O5S/c1-5-30-28(34)21(3)31(18-22-12-14-23(29)15-13-22)27(33)19-32(25-8-6-7-9-26(25)37-4)38(35,36)24-16-10-20(2)11-17-24/h6-17,21H,5,18-19H2,1-4H3,(H,30,34). The minimum atomic E-state index is -4.21. The number of rotatable bonds is 11. The number of likely N-dealkylation sites (N-methyl/N-ethyl adjacent to an activating group) is 1. The summed E-state index contributed by atoms with van der Waals surface area (Å²) in [5, 5.41) is 2.70. The molecule has 3 aromatic carbocycles. The Labute approximate surface area is 223 Å². The molecule has 2 amide bonds. The normalized spacial score (nSPS) is 11.9. The van der Waals surface area contributed by atoms with Crippen molar-refractivity contribution >= 4 is 27.5 Å². The molecule has 1 atom stereocenters. The highest BCUT2D eigenvalue weighted by Crippen LogP contribution is 2.32. The van der Waals surface area contributed by atoms with Gasteiger partial charge >= 0.3 is 0 Å². The number of hydrogen-bond acceptors (Lipinski definition) is 5. The average molecular weight is 542 g/mol. The van der Waals surface area contributed by atoms with Crippen LogP contribution in [0.2, 0.25) is 0 Å². The molecule has 38 heavy (non-hydrogen) atoms. The SMILES string of the molecule is CCNC(=O)C(C)N(Cc1ccc(F)cc1)C(=O)CN(c1ccccc1OC)S(=O)(=O)c1ccc(C)cc1. The number of carbonyl (C=O) groups is 2. The van der Waals surface area contributed by atoms with Gasteiger partial charge < -0.3 is 15.0 Å². The van der Waals surface area contributed by atoms with Crippen LogP contribution >= 0.6 is 0 Å². The molecule has 3 aromatic rings. The molecular formula is C28H32FN3O5S. The number of nitrogens with zero attached hydrogens (tertiary/aromatic N) is 2. The lowest BCUT2D eigenvalue weighted by atomic mass is 10.1. The van der Waals surface area contributed by atoms with Gasteiger partial charge in [0.1, 0.15) is 24.2 Å². The minimum absolute atomic E-state index is 0.00339. The molecule has 0 bridgehead atoms. The Hall–Kier alpha value is -3.92. The van der Waals surface area contributed by atoms with Crippen molar-refractivity contribution in [1.29, 1.82) is 0 Å². The fraction of sp³-hybridized carbons (Fsp3) is 0.286. The second kappa shape index (κ2) is 12.6. The fourth-order valence-corrected chi connectivity index (χ4v) is 5.30. The summed E-state index contributed by atoms with van der Waals surface area (Å²) in [5.74, 6) is -1.18. The van der Waals surface area contributed by atoms with Gasteiger partial charge in [0.25, 0.3) is 10.0 Å². The number of methoxy groups -OCH3 is 1. The Kier molecular flexibility index (Phi) is 9.46. The highest BCUT2D eigenvalue weighted by atomic mass is 32.2. The van der Waals surface area contributed by atoms with E-state index in [-0.39, 0.29) is 22.9 Å². The molecule has 0 saturated carbocycles. The molecule has 0 aliphatic carbocycles. The van der Waals surface area contributed by atoms with Gasteiger partial charge in [-0.2, -0.15) is 0 Å². The molecular weight excluding hydrogens is 509 g/mol. The Bertz CT molecular complexity index is 1360. The molecule has 0 aromatic heterocycles. The number of ether oxygens (including phenoxy) is 1. The maximum absolute atomic E-state index is 13.9. The van der Waals surface area contributed by atoms with Crippen LogP contribution in [0.4, 0.5) is 10.1 Å². The molecule has 0 heterocycles. The van der Waals surface area contributed by atoms with Crippen LogP contribution in [0, 0.1) is 12.7 Å². The summed E-state index contributed by atoms with van der Waals surface area (Å²) >= 11 is 0. The lowest BCUT2D eigenvalue weighted by Crippen LogP contribution is -2.51. The summed E-state index contributed by atoms with van der Waals surface area (Å²) in [4.78, 5) is 27.8. The topological polar surface area (TPSA) is 96.0 Å². The van der Waals surface area contributed by atoms with Crippen molar-refractivity contribution in [3.63, 3.8) is 0 Å². The number of halogens is 1. The molecule has 0 spiro atoms. The van der Waals surface area contributed by atoms with E-state index >= 15 is 0 Å². The van der Waals surface area contributed by atoms with Crippen LogP contribution in [-0.2, 0) is 26.2 Å². The largest absolute Gasteiger partial charge is 0.495 e. The van der Waals surface area contributed by atoms with Crippen molar-refractivity contribution in [1.82, 2.24) is 10.2 Å². The van der Waals surface area contributed by atoms with Crippen molar-refractivity contribution in [3.8, 4) is 5.75 Å². The Morgan fingerprint density at radius 1 is 1.00 bits per heavy atom. The highest BCUT2D eigenvalue weighted by molar-refractivity contribution is 7.92. The number of anilines is 1. The van der Waals surface area contributed by atoms with E-state index in [9.17, 15) is 22.4 Å². The van der Waals surface area contributed by atoms with E-state index < -0.39 is 40.2 Å². The molecule has 1 unspecified atom stereocenters. The van der Waals surface area contributed by atoms with Gasteiger partial charge in [-0.25, -0.2) is 12.8 Å². The molecule has 0 radical (unpaired) electrons. The molecule has 0 fully saturated rings. The van der Waals surface area contributed by atoms with Crippen LogP contribution in [0.25, 0.3) is 0 Å². The molecule has 3 rings (SSSR count). The van der Waals surface area contributed by atoms with Crippen LogP contribution in [0.15, 0.2) is 77.7 Å². The van der Waals surface area contributed by atoms with E-state index in [1.807, 2.05) is 6.92 Å². The third-order valence-electron chi connectivity index (χ3n) is 6.03. The molecule has 0 saturated heterocycles. The van der Waals surface area contributed by atoms with E-state index in [1.165, 1.54) is 48.4 Å². The number of hydrogen-bond donors (Lipinski definition) is 1. The number of benzene rings is 3. The van der Waals surface area contributed by atoms with Crippen molar-refractivity contribution in [2.24, 2.45) is 0 Å². The number of aryl methyl sites for hydroxylation is 1. The second-order valence-corrected chi connectivity index (χ2v) is 10.6. The first-order chi connectivity index (χ1) is 18.1. The first-order valence-corrected chi connectivity index (χ1v) is 13.6. The summed E-state index contributed by atoms with van der Waals surface area (Å²) in [6.45, 7) is 4.90. The summed E-state index contributed by atoms with van der Waals surface area (Å²) in [7, 11) is -2.80. The minimum Gasteiger partial charge on any atom is -0.495 e. The molecule has 0 aliphatic rings. The zero-order chi connectivity index (χ0) is 27.9. The molecule has 8 nitrogen and oxygen atoms in total. The Morgan fingerprint density at radius 3 is 2.24 bits per heavy atom. The first-order valence-electron chi connectivity index (χ1n) is 12.1. The first kappa shape index (κ1) is 28.6. The van der Waals surface area contributed by atoms with E-state index in [4.69, 9.17) is 4.74 Å². The van der Waals surface area contributed by atoms with Crippen LogP contribution in [0.5, 0.6) is 5.75 Å². The fourth-order valence-electron chi connectivity index (χ4n) is 3.88. The lowest BCUT2D eigenvalue weighted by Gasteiger charge is -2.32. The van der Waals surface area contributed by atoms with E-state index in [0.717, 1.165) is 9.87 Å². The van der Waals surface area contributed by atoms with Crippen molar-refractivity contribution in [3.05, 3.63) is 89.7 Å². The number of para-hydroxylation sites is 2. The van der Waals surface area contributed by atoms with E-state index in [2.05, 4.69) is 5.32 Å². The van der Waals surface area contributed by atoms with Crippen molar-refractivity contribution < 1.29 is 27.1 Å². The Balaban J connectivity index is 2.06. The molecule has 10 heteroatoms. The monoisotopic (exact) mass is 541 g/mol. The molecule has 0 aliphatic heterocycles. The Morgan fingerprint density at radius 2 is 1.63 bits per heavy atom. The summed E-state index contributed by atoms with van der Waals surface area (Å²) < 4.78 is 47.6. The number of carbonyl (C=O) groups excluding carboxylic acids is 2. The summed E-state index contributed by atoms with van der Waals surface area (Å²) in [5.41, 5.74) is 1.64. The van der Waals surface area contributed by atoms with Gasteiger partial charge in [0.05, 0.1) is 17.7 Å². The van der Waals surface area contributed by atoms with Crippen LogP contribution < -0.4 is 14.4 Å². The smallest absolute Gasteiger partial charge is 0.264 e. The van der Waals surface area contributed by atoms with Crippen LogP contribution in [0.3, 0.4) is 0 Å². The van der Waals surface area contributed by atoms with Crippen LogP contribution in [-0.4, -0.2) is 51.4 Å². The summed E-state index contributed by atoms with van der Waals surface area (Å²) in [6, 6.07) is 17.4. The number of nitrogens with one attached hydrogen (secondary N) is 1. The average Bonchev–Trinajstić information content (AvgIpc) is 2.91. The van der Waals surface area contributed by atoms with Gasteiger partial charge in [-0.05, 0) is 62.7 Å². The predicted molar refractivity (Wildman–Crippen MR) is 144 cm³/mol. The maximum Gasteiger partial charge on any atom is 0.264 e. The third kappa shape index (κ3) is 6.69. The maximum atomic E-state index is 13.9. The van der Waals surface area contributed by atoms with Crippen LogP contribution in [0.1, 0.15) is 25.0 Å². The van der Waals surface area contributed by atoms with E-state index in [0.29, 0.717) is 12.1 Å². The van der Waals surface area contributed by atoms with Crippen molar-refractivity contribution in [2.45, 2.75) is 38.3 Å². The number of amides is 2. The van der Waals surface area contributed by atoms with Gasteiger partial charge in [-0.15, -0.1) is 0 Å². The van der Waals surface area contributed by atoms with Gasteiger partial charge in [0.2, 0.25) is 11.8 Å². The highest BCUT2D eigenvalue weighted by Gasteiger charge is 2.33. The van der Waals surface area contributed by atoms with Gasteiger partial charge in [-0.1, -0.05) is 42.0 Å². The van der Waals surface area contributed by atoms with Gasteiger partial charge in [0.15, 0.2) is 0 Å². The molecule has 1 N–H and O–H groups in total.